The van der Waals surface area contributed by atoms with Gasteiger partial charge < -0.3 is 4.57 Å². The number of fused-ring (bicyclic) bond motifs is 9. The van der Waals surface area contributed by atoms with Crippen molar-refractivity contribution in [2.24, 2.45) is 0 Å². The minimum absolute atomic E-state index is 0.137. The van der Waals surface area contributed by atoms with Crippen LogP contribution in [0.5, 0.6) is 0 Å². The molecule has 0 saturated carbocycles. The number of benzene rings is 13. The molecule has 2 aliphatic rings. The number of nitrogens with zero attached hydrogens (tertiary/aromatic N) is 9. The topological polar surface area (TPSA) is 108 Å². The zero-order valence-electron chi connectivity index (χ0n) is 72.0. The van der Waals surface area contributed by atoms with Crippen molar-refractivity contribution in [2.45, 2.75) is 24.7 Å². The fourth-order valence-corrected chi connectivity index (χ4v) is 19.9. The lowest BCUT2D eigenvalue weighted by Gasteiger charge is -2.34. The number of hydrogen-bond donors (Lipinski definition) is 0. The van der Waals surface area contributed by atoms with Crippen LogP contribution in [0.25, 0.3) is 194 Å². The van der Waals surface area contributed by atoms with Gasteiger partial charge in [0.1, 0.15) is 0 Å². The zero-order chi connectivity index (χ0) is 87.4. The molecule has 24 rings (SSSR count). The van der Waals surface area contributed by atoms with Crippen LogP contribution in [0.2, 0.25) is 0 Å². The Hall–Kier alpha value is -17.1. The monoisotopic (exact) mass is 1670 g/mol. The van der Waals surface area contributed by atoms with Crippen molar-refractivity contribution < 1.29 is 0 Å². The van der Waals surface area contributed by atoms with Gasteiger partial charge in [-0.3, -0.25) is 39.9 Å². The number of rotatable bonds is 16. The molecule has 0 spiro atoms. The average Bonchev–Trinajstić information content (AvgIpc) is 1.55. The molecule has 0 radical (unpaired) electrons. The minimum Gasteiger partial charge on any atom is -0.309 e. The molecule has 0 N–H and O–H groups in total. The zero-order valence-corrected chi connectivity index (χ0v) is 72.0. The lowest BCUT2D eigenvalue weighted by atomic mass is 9.67. The normalized spacial score (nSPS) is 12.5. The molecule has 0 aliphatic heterocycles. The van der Waals surface area contributed by atoms with Gasteiger partial charge in [-0.05, 0) is 267 Å². The van der Waals surface area contributed by atoms with Crippen LogP contribution in [-0.4, -0.2) is 44.4 Å². The molecule has 9 nitrogen and oxygen atoms in total. The van der Waals surface area contributed by atoms with Crippen LogP contribution >= 0.6 is 0 Å². The SMILES string of the molecule is CC1(C)c2ccccc2-c2cc3c4ccccc4n(-c4cc(-c5cccc(-c6cncc(-c7cccnc7)c6)c5)cc(-c5cccc(-c6cncc(-c7cccnc7)c6)c5)c4)c3cc21.c1ccc(C2(c3ccccc3)c3ccccc3-c3ccc(-c4cc(-c5cccc(-c6cncc(-c7cccnc7)c6)c5)cc(-c5cccc(-c6cncc(-c7cccnc7)c6)c5)c4)cc32)cc1. The number of aromatic nitrogens is 9. The summed E-state index contributed by atoms with van der Waals surface area (Å²) in [6.45, 7) is 4.72. The van der Waals surface area contributed by atoms with Crippen LogP contribution in [0.3, 0.4) is 0 Å². The Morgan fingerprint density at radius 2 is 0.481 bits per heavy atom. The minimum atomic E-state index is -0.510. The van der Waals surface area contributed by atoms with E-state index in [4.69, 9.17) is 0 Å². The molecule has 0 unspecified atom stereocenters. The molecule has 0 saturated heterocycles. The molecule has 131 heavy (non-hydrogen) atoms. The highest BCUT2D eigenvalue weighted by Gasteiger charge is 2.46. The molecule has 9 heteroatoms. The second kappa shape index (κ2) is 33.3. The van der Waals surface area contributed by atoms with E-state index in [1.54, 1.807) is 24.8 Å². The van der Waals surface area contributed by atoms with E-state index >= 15 is 0 Å². The molecular formula is C122H83N9. The van der Waals surface area contributed by atoms with Crippen molar-refractivity contribution >= 4 is 21.8 Å². The predicted octanol–water partition coefficient (Wildman–Crippen LogP) is 30.0. The van der Waals surface area contributed by atoms with E-state index in [1.807, 2.05) is 98.6 Å². The molecule has 616 valence electrons. The highest BCUT2D eigenvalue weighted by atomic mass is 15.0. The molecule has 13 aromatic carbocycles. The van der Waals surface area contributed by atoms with Crippen LogP contribution in [0.15, 0.2) is 469 Å². The Balaban J connectivity index is 0.000000149. The quantitative estimate of drug-likeness (QED) is 0.0941. The third-order valence-corrected chi connectivity index (χ3v) is 26.3. The summed E-state index contributed by atoms with van der Waals surface area (Å²) >= 11 is 0. The smallest absolute Gasteiger partial charge is 0.0713 e. The van der Waals surface area contributed by atoms with Crippen molar-refractivity contribution in [3.8, 4) is 173 Å². The molecule has 0 atom stereocenters. The van der Waals surface area contributed by atoms with E-state index in [0.717, 1.165) is 150 Å². The molecule has 22 aromatic rings. The molecule has 0 bridgehead atoms. The fourth-order valence-electron chi connectivity index (χ4n) is 19.9. The van der Waals surface area contributed by atoms with E-state index in [2.05, 4.69) is 404 Å². The summed E-state index contributed by atoms with van der Waals surface area (Å²) in [6, 6.07) is 135. The average molecular weight is 1680 g/mol. The summed E-state index contributed by atoms with van der Waals surface area (Å²) in [6.07, 6.45) is 30.1. The largest absolute Gasteiger partial charge is 0.309 e. The first-order valence-corrected chi connectivity index (χ1v) is 44.3. The van der Waals surface area contributed by atoms with Crippen LogP contribution in [-0.2, 0) is 10.8 Å². The molecular weight excluding hydrogens is 1590 g/mol. The molecule has 0 fully saturated rings. The van der Waals surface area contributed by atoms with E-state index in [1.165, 1.54) is 77.4 Å². The summed E-state index contributed by atoms with van der Waals surface area (Å²) < 4.78 is 2.48. The maximum absolute atomic E-state index is 4.67. The Morgan fingerprint density at radius 3 is 0.885 bits per heavy atom. The van der Waals surface area contributed by atoms with Gasteiger partial charge in [0.15, 0.2) is 0 Å². The van der Waals surface area contributed by atoms with Crippen molar-refractivity contribution in [1.82, 2.24) is 44.4 Å². The standard InChI is InChI=1S/C63H42N4.C59H41N5/c1-3-19-57(20-4-1)63(58-21-5-2-6-22-58)61-24-8-7-23-59(61)60-26-25-47(36-62(60)63)52-32-50(43-13-9-15-45(29-43)53-34-55(41-66-39-53)48-17-11-27-64-37-48)31-51(33-52)44-14-10-16-46(30-44)54-35-56(42-67-40-54)49-18-12-28-65-38-49;1-59(2)55-19-5-3-17-51(55)53-30-54-52-18-4-6-20-57(52)64(58(54)31-56(53)59)50-28-44(38-11-7-13-40(23-38)46-26-48(36-62-34-46)42-15-9-21-60-32-42)25-45(29-50)39-12-8-14-41(24-39)47-27-49(37-63-35-47)43-16-10-22-61-33-43/h1-42H;3-37H,1-2H3. The van der Waals surface area contributed by atoms with Gasteiger partial charge in [0.05, 0.1) is 16.4 Å². The Morgan fingerprint density at radius 1 is 0.176 bits per heavy atom. The first-order chi connectivity index (χ1) is 64.6. The molecule has 9 aromatic heterocycles. The summed E-state index contributed by atoms with van der Waals surface area (Å²) in [5.74, 6) is 0. The van der Waals surface area contributed by atoms with Crippen molar-refractivity contribution in [1.29, 1.82) is 0 Å². The second-order valence-electron chi connectivity index (χ2n) is 34.4. The lowest BCUT2D eigenvalue weighted by Crippen LogP contribution is -2.28. The molecule has 9 heterocycles. The van der Waals surface area contributed by atoms with Gasteiger partial charge in [-0.2, -0.15) is 0 Å². The van der Waals surface area contributed by atoms with Gasteiger partial charge in [-0.1, -0.05) is 250 Å². The summed E-state index contributed by atoms with van der Waals surface area (Å²) in [4.78, 5) is 36.1. The first-order valence-electron chi connectivity index (χ1n) is 44.3. The van der Waals surface area contributed by atoms with Crippen molar-refractivity contribution in [3.05, 3.63) is 503 Å². The van der Waals surface area contributed by atoms with E-state index in [0.29, 0.717) is 0 Å². The second-order valence-corrected chi connectivity index (χ2v) is 34.4. The summed E-state index contributed by atoms with van der Waals surface area (Å²) in [7, 11) is 0. The third-order valence-electron chi connectivity index (χ3n) is 26.3. The van der Waals surface area contributed by atoms with E-state index in [-0.39, 0.29) is 5.41 Å². The van der Waals surface area contributed by atoms with Gasteiger partial charge >= 0.3 is 0 Å². The van der Waals surface area contributed by atoms with Gasteiger partial charge in [0.25, 0.3) is 0 Å². The van der Waals surface area contributed by atoms with Crippen LogP contribution in [0, 0.1) is 0 Å². The summed E-state index contributed by atoms with van der Waals surface area (Å²) in [5.41, 5.74) is 43.9. The molecule has 0 amide bonds. The Bertz CT molecular complexity index is 7790. The van der Waals surface area contributed by atoms with E-state index in [9.17, 15) is 0 Å². The maximum Gasteiger partial charge on any atom is 0.0713 e. The summed E-state index contributed by atoms with van der Waals surface area (Å²) in [5, 5.41) is 2.49. The van der Waals surface area contributed by atoms with Crippen molar-refractivity contribution in [2.75, 3.05) is 0 Å². The van der Waals surface area contributed by atoms with Crippen LogP contribution in [0.4, 0.5) is 0 Å². The third kappa shape index (κ3) is 14.5. The molecule has 2 aliphatic carbocycles. The van der Waals surface area contributed by atoms with Gasteiger partial charge in [-0.25, -0.2) is 0 Å². The van der Waals surface area contributed by atoms with Crippen LogP contribution in [0.1, 0.15) is 47.2 Å². The first kappa shape index (κ1) is 78.6. The maximum atomic E-state index is 4.67. The Labute approximate surface area is 761 Å². The van der Waals surface area contributed by atoms with Crippen molar-refractivity contribution in [3.63, 3.8) is 0 Å². The lowest BCUT2D eigenvalue weighted by molar-refractivity contribution is 0.661. The number of para-hydroxylation sites is 1. The van der Waals surface area contributed by atoms with Gasteiger partial charge in [-0.15, -0.1) is 0 Å². The van der Waals surface area contributed by atoms with E-state index < -0.39 is 5.41 Å². The Kier molecular flexibility index (Phi) is 20.0. The number of pyridine rings is 8. The van der Waals surface area contributed by atoms with Crippen LogP contribution < -0.4 is 0 Å². The van der Waals surface area contributed by atoms with Gasteiger partial charge in [0, 0.05) is 188 Å². The fraction of sp³-hybridized carbons (Fsp3) is 0.0328. The highest BCUT2D eigenvalue weighted by molar-refractivity contribution is 6.12. The predicted molar refractivity (Wildman–Crippen MR) is 535 cm³/mol. The highest BCUT2D eigenvalue weighted by Crippen LogP contribution is 2.58. The number of hydrogen-bond acceptors (Lipinski definition) is 8. The van der Waals surface area contributed by atoms with Gasteiger partial charge in [0.2, 0.25) is 0 Å².